The summed E-state index contributed by atoms with van der Waals surface area (Å²) >= 11 is 0. The molecule has 0 amide bonds. The van der Waals surface area contributed by atoms with E-state index >= 15 is 0 Å². The Morgan fingerprint density at radius 2 is 1.86 bits per heavy atom. The van der Waals surface area contributed by atoms with Crippen molar-refractivity contribution in [1.29, 1.82) is 0 Å². The normalized spacial score (nSPS) is 9.14. The lowest BCUT2D eigenvalue weighted by Crippen LogP contribution is -3.04. The van der Waals surface area contributed by atoms with E-state index in [0.717, 1.165) is 17.8 Å². The molecule has 1 rings (SSSR count). The first-order chi connectivity index (χ1) is 5.61. The molecule has 82 valence electrons. The second-order valence-electron chi connectivity index (χ2n) is 3.30. The highest BCUT2D eigenvalue weighted by Gasteiger charge is 2.10. The van der Waals surface area contributed by atoms with Crippen LogP contribution in [0.15, 0.2) is 18.2 Å². The Morgan fingerprint density at radius 1 is 1.29 bits per heavy atom. The van der Waals surface area contributed by atoms with Crippen LogP contribution < -0.4 is 35.4 Å². The smallest absolute Gasteiger partial charge is 0.140 e. The average molecular weight is 239 g/mol. The Kier molecular flexibility index (Phi) is 7.87. The molecular formula is C9H16Cl2N2O. The van der Waals surface area contributed by atoms with Crippen molar-refractivity contribution < 1.29 is 40.6 Å². The van der Waals surface area contributed by atoms with Gasteiger partial charge in [-0.15, -0.1) is 0 Å². The maximum Gasteiger partial charge on any atom is 0.140 e. The van der Waals surface area contributed by atoms with Gasteiger partial charge >= 0.3 is 0 Å². The van der Waals surface area contributed by atoms with Crippen LogP contribution >= 0.6 is 0 Å². The lowest BCUT2D eigenvalue weighted by atomic mass is 10.1. The number of phenolic OH excluding ortho intramolecular Hbond substituents is 1. The van der Waals surface area contributed by atoms with E-state index in [1.165, 1.54) is 4.90 Å². The molecule has 0 aliphatic carbocycles. The Bertz CT molecular complexity index is 259. The van der Waals surface area contributed by atoms with Gasteiger partial charge in [0, 0.05) is 0 Å². The van der Waals surface area contributed by atoms with Crippen LogP contribution in [0.2, 0.25) is 0 Å². The minimum atomic E-state index is 0. The number of quaternary nitrogens is 2. The summed E-state index contributed by atoms with van der Waals surface area (Å²) in [6.07, 6.45) is 0. The molecule has 3 nitrogen and oxygen atoms in total. The van der Waals surface area contributed by atoms with Crippen LogP contribution in [0.5, 0.6) is 5.75 Å². The number of aromatic hydroxyl groups is 1. The van der Waals surface area contributed by atoms with Crippen LogP contribution in [0.3, 0.4) is 0 Å². The Hall–Kier alpha value is -0.480. The van der Waals surface area contributed by atoms with Gasteiger partial charge in [0.25, 0.3) is 0 Å². The van der Waals surface area contributed by atoms with E-state index in [1.54, 1.807) is 6.07 Å². The third-order valence-corrected chi connectivity index (χ3v) is 1.78. The van der Waals surface area contributed by atoms with Crippen molar-refractivity contribution in [3.63, 3.8) is 0 Å². The van der Waals surface area contributed by atoms with Crippen LogP contribution in [-0.2, 0) is 6.54 Å². The number of hydrogen-bond acceptors (Lipinski definition) is 1. The fraction of sp³-hybridized carbons (Fsp3) is 0.333. The van der Waals surface area contributed by atoms with Crippen molar-refractivity contribution in [1.82, 2.24) is 0 Å². The Morgan fingerprint density at radius 3 is 2.29 bits per heavy atom. The highest BCUT2D eigenvalue weighted by Crippen LogP contribution is 2.20. The predicted molar refractivity (Wildman–Crippen MR) is 47.2 cm³/mol. The molecule has 0 fully saturated rings. The van der Waals surface area contributed by atoms with Crippen LogP contribution in [0.4, 0.5) is 5.69 Å². The second kappa shape index (κ2) is 6.90. The number of halogens is 2. The van der Waals surface area contributed by atoms with Crippen LogP contribution in [0.1, 0.15) is 5.56 Å². The van der Waals surface area contributed by atoms with E-state index < -0.39 is 0 Å². The zero-order valence-corrected chi connectivity index (χ0v) is 9.86. The third-order valence-electron chi connectivity index (χ3n) is 1.78. The van der Waals surface area contributed by atoms with Crippen LogP contribution in [0.25, 0.3) is 0 Å². The molecule has 0 aliphatic heterocycles. The average Bonchev–Trinajstić information content (AvgIpc) is 1.97. The summed E-state index contributed by atoms with van der Waals surface area (Å²) in [5, 5.41) is 9.49. The zero-order valence-electron chi connectivity index (χ0n) is 8.35. The van der Waals surface area contributed by atoms with Gasteiger partial charge in [-0.2, -0.15) is 0 Å². The van der Waals surface area contributed by atoms with Gasteiger partial charge in [-0.05, 0) is 12.1 Å². The molecular weight excluding hydrogens is 223 g/mol. The summed E-state index contributed by atoms with van der Waals surface area (Å²) < 4.78 is 0. The van der Waals surface area contributed by atoms with Crippen molar-refractivity contribution >= 4 is 5.69 Å². The number of phenols is 1. The van der Waals surface area contributed by atoms with E-state index in [1.807, 2.05) is 26.2 Å². The molecule has 0 aliphatic rings. The summed E-state index contributed by atoms with van der Waals surface area (Å²) in [5.41, 5.74) is 5.72. The van der Waals surface area contributed by atoms with Gasteiger partial charge in [-0.1, -0.05) is 6.07 Å². The first-order valence-electron chi connectivity index (χ1n) is 4.03. The van der Waals surface area contributed by atoms with Gasteiger partial charge in [0.2, 0.25) is 0 Å². The second-order valence-corrected chi connectivity index (χ2v) is 3.30. The van der Waals surface area contributed by atoms with Crippen molar-refractivity contribution in [2.75, 3.05) is 14.1 Å². The lowest BCUT2D eigenvalue weighted by molar-refractivity contribution is -0.872. The van der Waals surface area contributed by atoms with E-state index in [-0.39, 0.29) is 24.8 Å². The highest BCUT2D eigenvalue weighted by molar-refractivity contribution is 5.46. The van der Waals surface area contributed by atoms with Gasteiger partial charge in [0.05, 0.1) is 14.1 Å². The summed E-state index contributed by atoms with van der Waals surface area (Å²) in [4.78, 5) is 1.28. The summed E-state index contributed by atoms with van der Waals surface area (Å²) in [6, 6.07) is 5.43. The number of nitrogens with one attached hydrogen (secondary N) is 1. The molecule has 14 heavy (non-hydrogen) atoms. The number of benzene rings is 1. The molecule has 0 unspecified atom stereocenters. The minimum Gasteiger partial charge on any atom is -1.00 e. The third kappa shape index (κ3) is 4.15. The van der Waals surface area contributed by atoms with Crippen molar-refractivity contribution in [3.05, 3.63) is 23.8 Å². The lowest BCUT2D eigenvalue weighted by Gasteiger charge is -2.08. The van der Waals surface area contributed by atoms with Crippen LogP contribution in [-0.4, -0.2) is 19.2 Å². The summed E-state index contributed by atoms with van der Waals surface area (Å²) in [5.74, 6) is 0.351. The molecule has 0 saturated carbocycles. The maximum absolute atomic E-state index is 9.49. The highest BCUT2D eigenvalue weighted by atomic mass is 35.5. The largest absolute Gasteiger partial charge is 1.00 e. The van der Waals surface area contributed by atoms with E-state index in [0.29, 0.717) is 5.75 Å². The maximum atomic E-state index is 9.49. The fourth-order valence-corrected chi connectivity index (χ4v) is 1.18. The molecule has 0 heterocycles. The molecule has 0 spiro atoms. The summed E-state index contributed by atoms with van der Waals surface area (Å²) in [6.45, 7) is 0.811. The first kappa shape index (κ1) is 16.0. The molecule has 5 heteroatoms. The Balaban J connectivity index is 0. The molecule has 0 saturated heterocycles. The van der Waals surface area contributed by atoms with Crippen molar-refractivity contribution in [2.24, 2.45) is 0 Å². The van der Waals surface area contributed by atoms with Gasteiger partial charge < -0.3 is 40.6 Å². The first-order valence-corrected chi connectivity index (χ1v) is 4.03. The zero-order chi connectivity index (χ0) is 9.14. The molecule has 0 bridgehead atoms. The molecule has 0 atom stereocenters. The van der Waals surface area contributed by atoms with E-state index in [2.05, 4.69) is 5.73 Å². The molecule has 0 aromatic heterocycles. The van der Waals surface area contributed by atoms with Gasteiger partial charge in [0.15, 0.2) is 0 Å². The monoisotopic (exact) mass is 238 g/mol. The van der Waals surface area contributed by atoms with Crippen LogP contribution in [0, 0.1) is 0 Å². The minimum absolute atomic E-state index is 0. The van der Waals surface area contributed by atoms with E-state index in [4.69, 9.17) is 0 Å². The summed E-state index contributed by atoms with van der Waals surface area (Å²) in [7, 11) is 4.10. The van der Waals surface area contributed by atoms with Crippen molar-refractivity contribution in [3.8, 4) is 5.75 Å². The molecule has 0 radical (unpaired) electrons. The molecule has 1 aromatic carbocycles. The molecule has 5 N–H and O–H groups in total. The molecule has 1 aromatic rings. The standard InChI is InChI=1S/C9H14N2O.2ClH/c1-11(2)6-7-8(10)4-3-5-9(7)12;;/h3-5,12H,6,10H2,1-2H3;2*1H. The quantitative estimate of drug-likeness (QED) is 0.472. The SMILES string of the molecule is C[NH+](C)Cc1c([NH3+])cccc1O.[Cl-].[Cl-]. The fourth-order valence-electron chi connectivity index (χ4n) is 1.18. The number of hydrogen-bond donors (Lipinski definition) is 3. The topological polar surface area (TPSA) is 52.3 Å². The van der Waals surface area contributed by atoms with Gasteiger partial charge in [0.1, 0.15) is 23.5 Å². The van der Waals surface area contributed by atoms with Crippen molar-refractivity contribution in [2.45, 2.75) is 6.54 Å². The van der Waals surface area contributed by atoms with Gasteiger partial charge in [-0.3, -0.25) is 0 Å². The number of rotatable bonds is 2. The predicted octanol–water partition coefficient (Wildman–Crippen LogP) is -7.08. The Labute approximate surface area is 96.7 Å². The van der Waals surface area contributed by atoms with Gasteiger partial charge in [-0.25, -0.2) is 0 Å². The van der Waals surface area contributed by atoms with E-state index in [9.17, 15) is 5.11 Å².